The number of hydrogen-bond acceptors (Lipinski definition) is 15. The van der Waals surface area contributed by atoms with Crippen LogP contribution in [0, 0.1) is 5.69 Å². The molecule has 18 nitrogen and oxygen atoms in total. The third kappa shape index (κ3) is 5.28. The van der Waals surface area contributed by atoms with Crippen LogP contribution in [0.5, 0.6) is 0 Å². The molecule has 0 saturated carbocycles. The monoisotopic (exact) mass is 701 g/mol. The van der Waals surface area contributed by atoms with Crippen LogP contribution in [0.2, 0.25) is 0 Å². The van der Waals surface area contributed by atoms with Gasteiger partial charge in [-0.05, 0) is 22.9 Å². The number of fused-ring (bicyclic) bond motifs is 5. The molecule has 46 heavy (non-hydrogen) atoms. The molecular weight excluding hydrogens is 678 g/mol. The molecule has 23 heteroatoms. The lowest BCUT2D eigenvalue weighted by atomic mass is 10.1. The van der Waals surface area contributed by atoms with E-state index in [1.54, 1.807) is 0 Å². The molecule has 6 heterocycles. The molecule has 3 aliphatic rings. The van der Waals surface area contributed by atoms with E-state index in [1.165, 1.54) is 29.1 Å². The molecule has 1 amide bonds. The highest BCUT2D eigenvalue weighted by Gasteiger charge is 2.53. The summed E-state index contributed by atoms with van der Waals surface area (Å²) in [5.41, 5.74) is 17.6. The number of carbonyl (C=O) groups excluding carboxylic acids is 1. The molecule has 4 aromatic rings. The molecule has 0 radical (unpaired) electrons. The number of nitrogens with zero attached hydrogens (tertiary/aromatic N) is 7. The molecule has 3 aliphatic heterocycles. The molecule has 0 spiro atoms. The van der Waals surface area contributed by atoms with Gasteiger partial charge in [-0.2, -0.15) is 0 Å². The molecule has 3 aromatic heterocycles. The van der Waals surface area contributed by atoms with Crippen molar-refractivity contribution >= 4 is 59.8 Å². The number of imidazole rings is 1. The lowest BCUT2D eigenvalue weighted by Gasteiger charge is -2.24. The average Bonchev–Trinajstić information content (AvgIpc) is 3.80. The maximum Gasteiger partial charge on any atom is 0.418 e. The molecule has 2 bridgehead atoms. The predicted molar refractivity (Wildman–Crippen MR) is 154 cm³/mol. The first-order valence-electron chi connectivity index (χ1n) is 13.4. The van der Waals surface area contributed by atoms with E-state index in [-0.39, 0.29) is 44.4 Å². The van der Waals surface area contributed by atoms with E-state index in [1.807, 2.05) is 0 Å². The molecule has 0 aliphatic carbocycles. The van der Waals surface area contributed by atoms with Crippen molar-refractivity contribution in [2.45, 2.75) is 49.2 Å². The zero-order valence-electron chi connectivity index (χ0n) is 23.1. The number of carbonyl (C=O) groups is 1. The van der Waals surface area contributed by atoms with Gasteiger partial charge in [0.25, 0.3) is 5.91 Å². The van der Waals surface area contributed by atoms with Gasteiger partial charge in [0, 0.05) is 0 Å². The third-order valence-electron chi connectivity index (χ3n) is 7.58. The lowest BCUT2D eigenvalue weighted by Crippen LogP contribution is -2.33. The fraction of sp³-hybridized carbons (Fsp3) is 0.435. The van der Waals surface area contributed by atoms with Crippen LogP contribution in [0.1, 0.15) is 22.8 Å². The number of nitrogen functional groups attached to an aromatic ring is 1. The summed E-state index contributed by atoms with van der Waals surface area (Å²) in [5.74, 6) is -0.736. The van der Waals surface area contributed by atoms with Gasteiger partial charge in [0.15, 0.2) is 36.3 Å². The molecule has 10 atom stereocenters. The third-order valence-corrected chi connectivity index (χ3v) is 11.0. The summed E-state index contributed by atoms with van der Waals surface area (Å²) in [6.07, 6.45) is -10.7. The summed E-state index contributed by atoms with van der Waals surface area (Å²) in [4.78, 5) is 23.9. The summed E-state index contributed by atoms with van der Waals surface area (Å²) in [6, 6.07) is 4.45. The number of primary amides is 1. The Morgan fingerprint density at radius 3 is 2.67 bits per heavy atom. The molecule has 1 aromatic carbocycles. The first-order chi connectivity index (χ1) is 22.1. The summed E-state index contributed by atoms with van der Waals surface area (Å²) in [5, 5.41) is 7.95. The zero-order valence-corrected chi connectivity index (χ0v) is 25.8. The van der Waals surface area contributed by atoms with E-state index < -0.39 is 83.4 Å². The predicted octanol–water partition coefficient (Wildman–Crippen LogP) is 2.06. The maximum absolute atomic E-state index is 16.0. The number of benzene rings is 1. The Kier molecular flexibility index (Phi) is 8.09. The Hall–Kier alpha value is -3.48. The van der Waals surface area contributed by atoms with E-state index in [4.69, 9.17) is 44.7 Å². The van der Waals surface area contributed by atoms with Gasteiger partial charge in [-0.25, -0.2) is 33.0 Å². The van der Waals surface area contributed by atoms with Crippen LogP contribution in [0.3, 0.4) is 0 Å². The van der Waals surface area contributed by atoms with Crippen molar-refractivity contribution in [3.63, 3.8) is 0 Å². The summed E-state index contributed by atoms with van der Waals surface area (Å²) in [6.45, 7) is -5.77. The molecular formula is C23H23F2N9O9P2S. The topological polar surface area (TPSA) is 233 Å². The van der Waals surface area contributed by atoms with Gasteiger partial charge in [-0.3, -0.25) is 27.5 Å². The summed E-state index contributed by atoms with van der Waals surface area (Å²) in [7, 11) is -3.41. The first-order valence-corrected chi connectivity index (χ1v) is 17.6. The quantitative estimate of drug-likeness (QED) is 0.291. The highest BCUT2D eigenvalue weighted by atomic mass is 32.7. The smallest absolute Gasteiger partial charge is 0.382 e. The van der Waals surface area contributed by atoms with Crippen LogP contribution in [0.25, 0.3) is 22.2 Å². The number of rotatable bonds is 3. The molecule has 3 saturated heterocycles. The van der Waals surface area contributed by atoms with Gasteiger partial charge in [0.2, 0.25) is 0 Å². The zero-order chi connectivity index (χ0) is 32.3. The van der Waals surface area contributed by atoms with Gasteiger partial charge < -0.3 is 25.5 Å². The maximum atomic E-state index is 16.0. The van der Waals surface area contributed by atoms with Crippen molar-refractivity contribution in [1.29, 1.82) is 0 Å². The van der Waals surface area contributed by atoms with Crippen LogP contribution in [-0.4, -0.2) is 90.4 Å². The van der Waals surface area contributed by atoms with Crippen LogP contribution in [0.15, 0.2) is 30.9 Å². The number of anilines is 1. The molecule has 3 fully saturated rings. The number of alkyl halides is 2. The second-order valence-corrected chi connectivity index (χ2v) is 14.8. The number of nitrogens with two attached hydrogens (primary N) is 2. The van der Waals surface area contributed by atoms with Crippen LogP contribution in [0.4, 0.5) is 14.6 Å². The fourth-order valence-electron chi connectivity index (χ4n) is 5.43. The second kappa shape index (κ2) is 12.0. The van der Waals surface area contributed by atoms with Gasteiger partial charge in [-0.15, -0.1) is 5.10 Å². The van der Waals surface area contributed by atoms with Crippen molar-refractivity contribution in [2.24, 2.45) is 5.73 Å². The van der Waals surface area contributed by atoms with Crippen molar-refractivity contribution in [2.75, 3.05) is 18.9 Å². The minimum atomic E-state index is -4.43. The minimum absolute atomic E-state index is 0.0426. The number of hydrogen-bond donors (Lipinski definition) is 2. The number of halogens is 2. The highest BCUT2D eigenvalue weighted by molar-refractivity contribution is 8.48. The molecule has 4 N–H and O–H groups in total. The molecule has 7 rings (SSSR count). The average molecular weight is 702 g/mol. The lowest BCUT2D eigenvalue weighted by molar-refractivity contribution is -0.0598. The van der Waals surface area contributed by atoms with E-state index in [2.05, 4.69) is 25.3 Å². The van der Waals surface area contributed by atoms with Gasteiger partial charge in [-0.1, -0.05) is 17.0 Å². The summed E-state index contributed by atoms with van der Waals surface area (Å²) < 4.78 is 94.6. The first kappa shape index (κ1) is 31.1. The number of ether oxygens (including phenoxy) is 2. The van der Waals surface area contributed by atoms with Gasteiger partial charge in [0.05, 0.1) is 30.6 Å². The number of aromatic nitrogens is 7. The van der Waals surface area contributed by atoms with Crippen molar-refractivity contribution in [3.05, 3.63) is 36.4 Å². The van der Waals surface area contributed by atoms with Crippen molar-refractivity contribution < 1.29 is 50.3 Å². The van der Waals surface area contributed by atoms with Gasteiger partial charge >= 0.3 is 15.1 Å². The van der Waals surface area contributed by atoms with Crippen LogP contribution < -0.4 is 11.5 Å². The SMILES string of the molecule is C#S[P@]1(=O)OC[C@H]2O[C@@H](n3nnc4c(C(N)=O)cccc43)[C@H](O[PH](=O)OCC3O[C@@H](n4cnc5c(N)ncnc54)[C@H](F)[C@@H]3O1)[C@@H]2F. The largest absolute Gasteiger partial charge is 0.418 e. The van der Waals surface area contributed by atoms with E-state index in [0.29, 0.717) is 0 Å². The van der Waals surface area contributed by atoms with E-state index in [9.17, 15) is 13.9 Å². The molecule has 2 unspecified atom stereocenters. The minimum Gasteiger partial charge on any atom is -0.382 e. The Balaban J connectivity index is 1.20. The number of amides is 1. The highest BCUT2D eigenvalue weighted by Crippen LogP contribution is 2.59. The second-order valence-electron chi connectivity index (χ2n) is 10.2. The molecule has 244 valence electrons. The van der Waals surface area contributed by atoms with Crippen LogP contribution >= 0.6 is 25.8 Å². The van der Waals surface area contributed by atoms with E-state index >= 15 is 8.78 Å². The Labute approximate surface area is 260 Å². The van der Waals surface area contributed by atoms with Crippen LogP contribution in [-0.2, 0) is 36.7 Å². The Bertz CT molecular complexity index is 1960. The van der Waals surface area contributed by atoms with E-state index in [0.717, 1.165) is 11.0 Å². The standard InChI is InChI=1S/C23H23F2N9O9P2S/c1-46-45(37)39-6-11-13(24)18(23(40-11)34-10-4-2-3-9(20(27)35)15(10)31-32-34)42-44(36)38-5-12-17(43-45)14(25)22(41-12)33-8-30-16-19(26)28-7-29-21(16)33/h1-4,7-8,11-14,17-18,22-23,44H,5-6H2,(H2,27,35)(H2,26,28,29)/t11-,12?,13-,14-,17-,18-,22-,23-,45-/m1/s1. The Morgan fingerprint density at radius 2 is 1.89 bits per heavy atom. The normalized spacial score (nSPS) is 35.3. The van der Waals surface area contributed by atoms with Crippen molar-refractivity contribution in [1.82, 2.24) is 34.5 Å². The summed E-state index contributed by atoms with van der Waals surface area (Å²) >= 11 is 0. The van der Waals surface area contributed by atoms with Crippen molar-refractivity contribution in [3.8, 4) is 5.69 Å². The Morgan fingerprint density at radius 1 is 1.09 bits per heavy atom. The fourth-order valence-corrected chi connectivity index (χ4v) is 8.13. The van der Waals surface area contributed by atoms with Gasteiger partial charge in [0.1, 0.15) is 41.8 Å².